The number of carbonyl (C=O) groups is 3. The van der Waals surface area contributed by atoms with E-state index in [-0.39, 0.29) is 29.8 Å². The Morgan fingerprint density at radius 1 is 0.917 bits per heavy atom. The summed E-state index contributed by atoms with van der Waals surface area (Å²) in [7, 11) is 0. The van der Waals surface area contributed by atoms with Crippen molar-refractivity contribution in [1.29, 1.82) is 0 Å². The molecule has 0 aliphatic heterocycles. The van der Waals surface area contributed by atoms with Crippen LogP contribution in [0.5, 0.6) is 5.75 Å². The minimum atomic E-state index is -0.812. The number of nitrogens with zero attached hydrogens (tertiary/aromatic N) is 4. The number of nitrogens with one attached hydrogen (secondary N) is 2. The fourth-order valence-corrected chi connectivity index (χ4v) is 4.13. The maximum Gasteiger partial charge on any atom is 0.408 e. The smallest absolute Gasteiger partial charge is 0.408 e. The molecule has 48 heavy (non-hydrogen) atoms. The number of rotatable bonds is 13. The Bertz CT molecular complexity index is 1710. The van der Waals surface area contributed by atoms with Gasteiger partial charge in [0.15, 0.2) is 6.10 Å². The van der Waals surface area contributed by atoms with Crippen molar-refractivity contribution in [2.24, 2.45) is 0 Å². The third-order valence-corrected chi connectivity index (χ3v) is 6.53. The van der Waals surface area contributed by atoms with Gasteiger partial charge >= 0.3 is 12.1 Å². The maximum absolute atomic E-state index is 15.0. The van der Waals surface area contributed by atoms with Crippen LogP contribution in [0, 0.1) is 5.82 Å². The molecule has 0 saturated heterocycles. The van der Waals surface area contributed by atoms with E-state index in [4.69, 9.17) is 23.3 Å². The summed E-state index contributed by atoms with van der Waals surface area (Å²) in [6.45, 7) is 11.9. The van der Waals surface area contributed by atoms with Gasteiger partial charge in [-0.2, -0.15) is 9.97 Å². The lowest BCUT2D eigenvalue weighted by Crippen LogP contribution is -2.39. The van der Waals surface area contributed by atoms with Gasteiger partial charge < -0.3 is 33.9 Å². The summed E-state index contributed by atoms with van der Waals surface area (Å²) in [5.74, 6) is -0.228. The van der Waals surface area contributed by atoms with Crippen molar-refractivity contribution in [3.63, 3.8) is 0 Å². The van der Waals surface area contributed by atoms with E-state index in [0.29, 0.717) is 29.4 Å². The largest absolute Gasteiger partial charge is 0.481 e. The van der Waals surface area contributed by atoms with Crippen LogP contribution in [0.1, 0.15) is 89.0 Å². The maximum atomic E-state index is 15.0. The topological polar surface area (TPSA) is 181 Å². The van der Waals surface area contributed by atoms with Crippen LogP contribution >= 0.6 is 0 Å². The van der Waals surface area contributed by atoms with Gasteiger partial charge in [-0.15, -0.1) is 0 Å². The second-order valence-electron chi connectivity index (χ2n) is 12.2. The normalized spacial score (nSPS) is 12.7. The Kier molecular flexibility index (Phi) is 11.5. The number of benzene rings is 2. The molecule has 15 heteroatoms. The molecule has 2 aromatic heterocycles. The molecule has 0 saturated carbocycles. The molecule has 0 bridgehead atoms. The first-order valence-corrected chi connectivity index (χ1v) is 15.4. The van der Waals surface area contributed by atoms with E-state index in [1.807, 2.05) is 32.9 Å². The Morgan fingerprint density at radius 2 is 1.54 bits per heavy atom. The number of carbonyl (C=O) groups excluding carboxylic acids is 3. The van der Waals surface area contributed by atoms with Crippen LogP contribution in [0.25, 0.3) is 22.8 Å². The highest BCUT2D eigenvalue weighted by Crippen LogP contribution is 2.28. The van der Waals surface area contributed by atoms with Crippen molar-refractivity contribution in [3.05, 3.63) is 65.6 Å². The molecule has 0 spiro atoms. The van der Waals surface area contributed by atoms with Crippen LogP contribution in [0.2, 0.25) is 0 Å². The van der Waals surface area contributed by atoms with Gasteiger partial charge in [-0.25, -0.2) is 9.18 Å². The molecule has 2 heterocycles. The summed E-state index contributed by atoms with van der Waals surface area (Å²) in [5.41, 5.74) is 0.117. The molecule has 0 radical (unpaired) electrons. The van der Waals surface area contributed by atoms with Gasteiger partial charge in [-0.1, -0.05) is 37.2 Å². The average Bonchev–Trinajstić information content (AvgIpc) is 3.72. The minimum Gasteiger partial charge on any atom is -0.481 e. The predicted molar refractivity (Wildman–Crippen MR) is 169 cm³/mol. The highest BCUT2D eigenvalue weighted by Gasteiger charge is 2.23. The lowest BCUT2D eigenvalue weighted by Gasteiger charge is -2.19. The molecular formula is C33H39FN6O8. The number of halogens is 1. The second kappa shape index (κ2) is 15.5. The van der Waals surface area contributed by atoms with E-state index in [9.17, 15) is 14.4 Å². The third-order valence-electron chi connectivity index (χ3n) is 6.53. The van der Waals surface area contributed by atoms with Gasteiger partial charge in [0.05, 0.1) is 11.6 Å². The molecule has 0 fully saturated rings. The van der Waals surface area contributed by atoms with Crippen molar-refractivity contribution in [3.8, 4) is 28.5 Å². The summed E-state index contributed by atoms with van der Waals surface area (Å²) in [6, 6.07) is 10.4. The average molecular weight is 667 g/mol. The summed E-state index contributed by atoms with van der Waals surface area (Å²) in [6.07, 6.45) is -0.833. The SMILES string of the molecule is CCC(Oc1ccc(-c2noc(C(C)C)n2)cc1)c1nc(-c2ccc(C(=O)N[C@@H](C)COC(=O)CNC(=O)OC(C)(C)C)c(F)c2)no1. The van der Waals surface area contributed by atoms with E-state index in [1.165, 1.54) is 12.1 Å². The fourth-order valence-electron chi connectivity index (χ4n) is 4.13. The molecule has 2 atom stereocenters. The van der Waals surface area contributed by atoms with Crippen LogP contribution in [0.4, 0.5) is 9.18 Å². The van der Waals surface area contributed by atoms with Gasteiger partial charge in [0.1, 0.15) is 30.3 Å². The van der Waals surface area contributed by atoms with Gasteiger partial charge in [0.25, 0.3) is 11.8 Å². The number of hydrogen-bond donors (Lipinski definition) is 2. The van der Waals surface area contributed by atoms with Crippen LogP contribution < -0.4 is 15.4 Å². The molecule has 4 aromatic rings. The first-order valence-electron chi connectivity index (χ1n) is 15.4. The number of amides is 2. The highest BCUT2D eigenvalue weighted by molar-refractivity contribution is 5.95. The molecule has 2 aromatic carbocycles. The lowest BCUT2D eigenvalue weighted by molar-refractivity contribution is -0.143. The summed E-state index contributed by atoms with van der Waals surface area (Å²) in [5, 5.41) is 12.8. The molecule has 0 aliphatic rings. The Hall–Kier alpha value is -5.34. The number of hydrogen-bond acceptors (Lipinski definition) is 12. The Labute approximate surface area is 276 Å². The molecule has 2 N–H and O–H groups in total. The molecule has 1 unspecified atom stereocenters. The summed E-state index contributed by atoms with van der Waals surface area (Å²) < 4.78 is 41.9. The zero-order valence-electron chi connectivity index (χ0n) is 27.8. The lowest BCUT2D eigenvalue weighted by atomic mass is 10.1. The van der Waals surface area contributed by atoms with Crippen LogP contribution in [-0.4, -0.2) is 63.0 Å². The summed E-state index contributed by atoms with van der Waals surface area (Å²) in [4.78, 5) is 45.1. The van der Waals surface area contributed by atoms with Crippen LogP contribution in [-0.2, 0) is 14.3 Å². The predicted octanol–water partition coefficient (Wildman–Crippen LogP) is 5.77. The van der Waals surface area contributed by atoms with Crippen molar-refractivity contribution >= 4 is 18.0 Å². The number of aromatic nitrogens is 4. The van der Waals surface area contributed by atoms with Crippen molar-refractivity contribution in [2.45, 2.75) is 78.6 Å². The molecular weight excluding hydrogens is 627 g/mol. The quantitative estimate of drug-likeness (QED) is 0.165. The third kappa shape index (κ3) is 9.83. The van der Waals surface area contributed by atoms with Crippen molar-refractivity contribution in [1.82, 2.24) is 30.9 Å². The minimum absolute atomic E-state index is 0.117. The Morgan fingerprint density at radius 3 is 2.15 bits per heavy atom. The molecule has 2 amide bonds. The van der Waals surface area contributed by atoms with E-state index in [2.05, 4.69) is 30.9 Å². The first kappa shape index (κ1) is 35.5. The van der Waals surface area contributed by atoms with Gasteiger partial charge in [-0.3, -0.25) is 9.59 Å². The zero-order chi connectivity index (χ0) is 35.0. The zero-order valence-corrected chi connectivity index (χ0v) is 27.8. The van der Waals surface area contributed by atoms with Gasteiger partial charge in [0, 0.05) is 17.0 Å². The molecule has 14 nitrogen and oxygen atoms in total. The van der Waals surface area contributed by atoms with E-state index < -0.39 is 48.1 Å². The van der Waals surface area contributed by atoms with Crippen LogP contribution in [0.3, 0.4) is 0 Å². The van der Waals surface area contributed by atoms with Crippen molar-refractivity contribution < 1.29 is 42.0 Å². The Balaban J connectivity index is 1.30. The number of esters is 1. The van der Waals surface area contributed by atoms with E-state index in [0.717, 1.165) is 11.6 Å². The highest BCUT2D eigenvalue weighted by atomic mass is 19.1. The molecule has 4 rings (SSSR count). The second-order valence-corrected chi connectivity index (χ2v) is 12.2. The molecule has 0 aliphatic carbocycles. The molecule has 256 valence electrons. The fraction of sp³-hybridized carbons (Fsp3) is 0.424. The van der Waals surface area contributed by atoms with Crippen LogP contribution in [0.15, 0.2) is 51.5 Å². The summed E-state index contributed by atoms with van der Waals surface area (Å²) >= 11 is 0. The van der Waals surface area contributed by atoms with Crippen molar-refractivity contribution in [2.75, 3.05) is 13.2 Å². The van der Waals surface area contributed by atoms with Gasteiger partial charge in [0.2, 0.25) is 17.5 Å². The monoisotopic (exact) mass is 666 g/mol. The van der Waals surface area contributed by atoms with E-state index in [1.54, 1.807) is 39.8 Å². The number of ether oxygens (including phenoxy) is 3. The van der Waals surface area contributed by atoms with Gasteiger partial charge in [-0.05, 0) is 70.5 Å². The first-order chi connectivity index (χ1) is 22.7. The van der Waals surface area contributed by atoms with E-state index >= 15 is 4.39 Å². The standard InChI is InChI=1S/C33H39FN6O8/c1-8-25(45-22-12-9-20(10-13-22)27-37-30(18(2)3)47-39-27)31-38-28(40-48-31)21-11-14-23(24(34)15-21)29(42)36-19(4)17-44-26(41)16-35-32(43)46-33(5,6)7/h9-15,18-19,25H,8,16-17H2,1-7H3,(H,35,43)(H,36,42)/t19-,25?/m0/s1. The number of alkyl carbamates (subject to hydrolysis) is 1.